The number of carbonyl (C=O) groups is 1. The first-order valence-corrected chi connectivity index (χ1v) is 24.2. The average molecular weight is 913 g/mol. The standard InChI is InChI=1S/C43H84N4O14S/c1-15-18-45-24-43(53)30(9)58-33(22-41(43,11)56-14)60-35-27(6)37(61-39-34(48)31(20-26(5)57-39)46(13)62(44,54)55)40(10,51)21-25(4)23-47(19-16-2)29(8)36(49)42(12,52)32(17-3)59-38(50)28(35)7/h25-37,39,45,48-49,51-53H,15-24H2,1-14H3,(H2,44,54,55)/t25?,26-,27?,28?,29?,30+,31+,32?,33+,34-,35?,36?,37?,39+,40?,41-,42?,43+/m1/s1. The summed E-state index contributed by atoms with van der Waals surface area (Å²) in [6.45, 7) is 22.9. The third-order valence-corrected chi connectivity index (χ3v) is 15.1. The van der Waals surface area contributed by atoms with Crippen molar-refractivity contribution in [2.45, 2.75) is 211 Å². The number of aliphatic hydroxyl groups excluding tert-OH is 2. The number of hydrogen-bond acceptors (Lipinski definition) is 16. The topological polar surface area (TPSA) is 252 Å². The molecule has 3 aliphatic heterocycles. The Hall–Kier alpha value is -1.14. The number of hydrogen-bond donors (Lipinski definition) is 7. The van der Waals surface area contributed by atoms with Gasteiger partial charge in [0.05, 0.1) is 42.0 Å². The molecule has 0 bridgehead atoms. The van der Waals surface area contributed by atoms with Crippen molar-refractivity contribution in [2.24, 2.45) is 22.9 Å². The lowest BCUT2D eigenvalue weighted by molar-refractivity contribution is -0.336. The Morgan fingerprint density at radius 1 is 0.968 bits per heavy atom. The van der Waals surface area contributed by atoms with Crippen LogP contribution in [-0.4, -0.2) is 179 Å². The molecule has 18 nitrogen and oxygen atoms in total. The van der Waals surface area contributed by atoms with Crippen molar-refractivity contribution in [2.75, 3.05) is 40.3 Å². The lowest BCUT2D eigenvalue weighted by Gasteiger charge is -2.53. The summed E-state index contributed by atoms with van der Waals surface area (Å²) in [5.41, 5.74) is -6.30. The van der Waals surface area contributed by atoms with Crippen LogP contribution < -0.4 is 10.5 Å². The molecule has 3 rings (SSSR count). The van der Waals surface area contributed by atoms with E-state index in [2.05, 4.69) is 5.32 Å². The van der Waals surface area contributed by atoms with Gasteiger partial charge in [0.2, 0.25) is 0 Å². The summed E-state index contributed by atoms with van der Waals surface area (Å²) in [6, 6.07) is -1.63. The molecule has 3 aliphatic rings. The first kappa shape index (κ1) is 55.2. The van der Waals surface area contributed by atoms with Gasteiger partial charge in [0.25, 0.3) is 10.2 Å². The molecule has 0 aromatic heterocycles. The molecular weight excluding hydrogens is 829 g/mol. The number of likely N-dealkylation sites (N-methyl/N-ethyl adjacent to an activating group) is 1. The van der Waals surface area contributed by atoms with Crippen LogP contribution in [0.3, 0.4) is 0 Å². The largest absolute Gasteiger partial charge is 0.459 e. The molecule has 0 aromatic carbocycles. The number of ether oxygens (including phenoxy) is 6. The summed E-state index contributed by atoms with van der Waals surface area (Å²) in [5.74, 6) is -3.08. The minimum Gasteiger partial charge on any atom is -0.459 e. The van der Waals surface area contributed by atoms with Crippen molar-refractivity contribution in [1.82, 2.24) is 14.5 Å². The summed E-state index contributed by atoms with van der Waals surface area (Å²) in [4.78, 5) is 16.6. The molecule has 10 unspecified atom stereocenters. The molecule has 0 spiro atoms. The fourth-order valence-electron chi connectivity index (χ4n) is 10.1. The Labute approximate surface area is 371 Å². The second-order valence-electron chi connectivity index (χ2n) is 19.3. The summed E-state index contributed by atoms with van der Waals surface area (Å²) in [7, 11) is -1.48. The molecule has 18 atom stereocenters. The van der Waals surface area contributed by atoms with Crippen LogP contribution >= 0.6 is 0 Å². The van der Waals surface area contributed by atoms with Crippen molar-refractivity contribution in [3.05, 3.63) is 0 Å². The number of nitrogens with zero attached hydrogens (tertiary/aromatic N) is 2. The van der Waals surface area contributed by atoms with Gasteiger partial charge in [0, 0.05) is 45.6 Å². The maximum atomic E-state index is 14.5. The molecule has 0 aromatic rings. The Kier molecular flexibility index (Phi) is 19.7. The zero-order chi connectivity index (χ0) is 47.3. The molecule has 366 valence electrons. The highest BCUT2D eigenvalue weighted by Gasteiger charge is 2.58. The van der Waals surface area contributed by atoms with Crippen molar-refractivity contribution in [3.63, 3.8) is 0 Å². The fourth-order valence-corrected chi connectivity index (χ4v) is 10.7. The molecule has 3 heterocycles. The first-order valence-electron chi connectivity index (χ1n) is 22.7. The molecule has 8 N–H and O–H groups in total. The van der Waals surface area contributed by atoms with Crippen molar-refractivity contribution in [1.29, 1.82) is 0 Å². The molecule has 0 amide bonds. The fraction of sp³-hybridized carbons (Fsp3) is 0.977. The summed E-state index contributed by atoms with van der Waals surface area (Å²) in [5, 5.41) is 69.1. The van der Waals surface area contributed by atoms with E-state index in [1.165, 1.54) is 21.1 Å². The van der Waals surface area contributed by atoms with E-state index < -0.39 is 118 Å². The van der Waals surface area contributed by atoms with Gasteiger partial charge >= 0.3 is 5.97 Å². The minimum atomic E-state index is -4.24. The minimum absolute atomic E-state index is 0.0231. The highest BCUT2D eigenvalue weighted by molar-refractivity contribution is 7.86. The van der Waals surface area contributed by atoms with Crippen LogP contribution in [0.25, 0.3) is 0 Å². The van der Waals surface area contributed by atoms with E-state index in [-0.39, 0.29) is 38.1 Å². The maximum Gasteiger partial charge on any atom is 0.311 e. The predicted molar refractivity (Wildman–Crippen MR) is 233 cm³/mol. The number of aliphatic hydroxyl groups is 5. The van der Waals surface area contributed by atoms with Gasteiger partial charge in [-0.3, -0.25) is 9.69 Å². The Morgan fingerprint density at radius 2 is 1.60 bits per heavy atom. The number of nitrogens with one attached hydrogen (secondary N) is 1. The van der Waals surface area contributed by atoms with Gasteiger partial charge in [0.15, 0.2) is 12.6 Å². The van der Waals surface area contributed by atoms with Crippen LogP contribution in [0.1, 0.15) is 122 Å². The van der Waals surface area contributed by atoms with Crippen molar-refractivity contribution < 1.29 is 67.2 Å². The molecule has 62 heavy (non-hydrogen) atoms. The highest BCUT2D eigenvalue weighted by Crippen LogP contribution is 2.43. The van der Waals surface area contributed by atoms with E-state index in [4.69, 9.17) is 33.6 Å². The van der Waals surface area contributed by atoms with Crippen LogP contribution in [0.2, 0.25) is 0 Å². The van der Waals surface area contributed by atoms with Gasteiger partial charge in [-0.15, -0.1) is 0 Å². The lowest BCUT2D eigenvalue weighted by Crippen LogP contribution is -2.70. The third-order valence-electron chi connectivity index (χ3n) is 14.0. The van der Waals surface area contributed by atoms with Gasteiger partial charge in [-0.25, -0.2) is 5.14 Å². The smallest absolute Gasteiger partial charge is 0.311 e. The second kappa shape index (κ2) is 22.1. The van der Waals surface area contributed by atoms with Gasteiger partial charge in [-0.2, -0.15) is 12.7 Å². The van der Waals surface area contributed by atoms with E-state index in [1.807, 2.05) is 32.6 Å². The van der Waals surface area contributed by atoms with Gasteiger partial charge in [-0.1, -0.05) is 34.6 Å². The molecule has 0 saturated carbocycles. The number of cyclic esters (lactones) is 1. The van der Waals surface area contributed by atoms with Gasteiger partial charge in [-0.05, 0) is 99.6 Å². The van der Waals surface area contributed by atoms with Crippen LogP contribution in [-0.2, 0) is 43.4 Å². The summed E-state index contributed by atoms with van der Waals surface area (Å²) in [6.07, 6.45) is -8.47. The summed E-state index contributed by atoms with van der Waals surface area (Å²) >= 11 is 0. The number of esters is 1. The van der Waals surface area contributed by atoms with E-state index >= 15 is 0 Å². The second-order valence-corrected chi connectivity index (χ2v) is 20.9. The van der Waals surface area contributed by atoms with Crippen molar-refractivity contribution in [3.8, 4) is 0 Å². The molecule has 0 aliphatic carbocycles. The van der Waals surface area contributed by atoms with Crippen LogP contribution in [0.15, 0.2) is 0 Å². The van der Waals surface area contributed by atoms with E-state index in [0.29, 0.717) is 19.6 Å². The Bertz CT molecular complexity index is 1530. The SMILES string of the molecule is CCCNC[C@]1(O)[C@H](C)O[C@@H](OC2C(C)C(=O)OC(CC)C(C)(O)C(O)C(C)N(CCC)CC(C)CC(C)(O)C(O[C@@H]3O[C@H](C)C[C@H](N(C)S(N)(=O)=O)[C@H]3O)C2C)C[C@@]1(C)OC. The third kappa shape index (κ3) is 12.4. The van der Waals surface area contributed by atoms with Gasteiger partial charge < -0.3 is 59.3 Å². The number of carbonyl (C=O) groups excluding carboxylic acids is 1. The Balaban J connectivity index is 2.24. The predicted octanol–water partition coefficient (Wildman–Crippen LogP) is 1.62. The van der Waals surface area contributed by atoms with Crippen LogP contribution in [0.4, 0.5) is 0 Å². The van der Waals surface area contributed by atoms with E-state index in [1.54, 1.807) is 48.5 Å². The first-order chi connectivity index (χ1) is 28.6. The quantitative estimate of drug-likeness (QED) is 0.0966. The zero-order valence-corrected chi connectivity index (χ0v) is 40.8. The molecule has 0 radical (unpaired) electrons. The molecule has 19 heteroatoms. The summed E-state index contributed by atoms with van der Waals surface area (Å²) < 4.78 is 64.1. The number of methoxy groups -OCH3 is 1. The van der Waals surface area contributed by atoms with Gasteiger partial charge in [0.1, 0.15) is 35.1 Å². The zero-order valence-electron chi connectivity index (χ0n) is 39.9. The number of rotatable bonds is 14. The molecule has 3 fully saturated rings. The molecular formula is C43H84N4O14S. The molecule has 3 saturated heterocycles. The lowest BCUT2D eigenvalue weighted by atomic mass is 9.75. The average Bonchev–Trinajstić information content (AvgIpc) is 3.18. The number of nitrogens with two attached hydrogens (primary N) is 1. The normalized spacial score (nSPS) is 45.0. The highest BCUT2D eigenvalue weighted by atomic mass is 32.2. The van der Waals surface area contributed by atoms with E-state index in [9.17, 15) is 38.7 Å². The van der Waals surface area contributed by atoms with E-state index in [0.717, 1.165) is 17.1 Å². The Morgan fingerprint density at radius 3 is 2.15 bits per heavy atom. The van der Waals surface area contributed by atoms with Crippen molar-refractivity contribution >= 4 is 16.2 Å². The monoisotopic (exact) mass is 913 g/mol. The maximum absolute atomic E-state index is 14.5. The van der Waals surface area contributed by atoms with Crippen LogP contribution in [0, 0.1) is 17.8 Å². The van der Waals surface area contributed by atoms with Crippen LogP contribution in [0.5, 0.6) is 0 Å².